The Labute approximate surface area is 95.2 Å². The zero-order chi connectivity index (χ0) is 9.64. The Balaban J connectivity index is 0.000000980. The van der Waals surface area contributed by atoms with Crippen molar-refractivity contribution in [2.75, 3.05) is 0 Å². The number of hydrogen-bond acceptors (Lipinski definition) is 1. The summed E-state index contributed by atoms with van der Waals surface area (Å²) in [6, 6.07) is 2.48. The van der Waals surface area contributed by atoms with E-state index < -0.39 is 17.2 Å². The maximum atomic E-state index is 13.3. The summed E-state index contributed by atoms with van der Waals surface area (Å²) in [5, 5.41) is 0. The van der Waals surface area contributed by atoms with Crippen LogP contribution in [0, 0.1) is 11.6 Å². The van der Waals surface area contributed by atoms with Crippen molar-refractivity contribution in [3.8, 4) is 0 Å². The fourth-order valence-electron chi connectivity index (χ4n) is 1.40. The normalized spacial score (nSPS) is 17.4. The minimum Gasteiger partial charge on any atom is -0.321 e. The van der Waals surface area contributed by atoms with Crippen molar-refractivity contribution in [2.45, 2.75) is 18.4 Å². The highest BCUT2D eigenvalue weighted by molar-refractivity contribution is 9.10. The van der Waals surface area contributed by atoms with E-state index in [2.05, 4.69) is 15.9 Å². The lowest BCUT2D eigenvalue weighted by molar-refractivity contribution is 0.519. The van der Waals surface area contributed by atoms with Crippen molar-refractivity contribution < 1.29 is 8.78 Å². The Hall–Kier alpha value is -0.190. The highest BCUT2D eigenvalue weighted by atomic mass is 79.9. The van der Waals surface area contributed by atoms with Gasteiger partial charge in [0.05, 0.1) is 0 Å². The van der Waals surface area contributed by atoms with Crippen LogP contribution < -0.4 is 5.73 Å². The van der Waals surface area contributed by atoms with Gasteiger partial charge in [0, 0.05) is 15.6 Å². The number of halogens is 4. The first kappa shape index (κ1) is 11.9. The highest BCUT2D eigenvalue weighted by Gasteiger charge is 2.44. The third-order valence-electron chi connectivity index (χ3n) is 2.29. The van der Waals surface area contributed by atoms with Gasteiger partial charge in [-0.2, -0.15) is 0 Å². The fraction of sp³-hybridized carbons (Fsp3) is 0.333. The van der Waals surface area contributed by atoms with E-state index in [4.69, 9.17) is 5.73 Å². The molecule has 0 heterocycles. The summed E-state index contributed by atoms with van der Waals surface area (Å²) in [6.07, 6.45) is 1.31. The van der Waals surface area contributed by atoms with Gasteiger partial charge in [0.2, 0.25) is 0 Å². The van der Waals surface area contributed by atoms with Crippen molar-refractivity contribution in [3.63, 3.8) is 0 Å². The second-order valence-corrected chi connectivity index (χ2v) is 4.32. The van der Waals surface area contributed by atoms with Crippen LogP contribution >= 0.6 is 28.3 Å². The topological polar surface area (TPSA) is 26.0 Å². The average molecular weight is 285 g/mol. The Morgan fingerprint density at radius 1 is 1.21 bits per heavy atom. The van der Waals surface area contributed by atoms with Crippen LogP contribution in [-0.2, 0) is 5.54 Å². The third kappa shape index (κ3) is 1.92. The molecular formula is C9H9BrClF2N. The molecule has 0 unspecified atom stereocenters. The predicted molar refractivity (Wildman–Crippen MR) is 56.4 cm³/mol. The lowest BCUT2D eigenvalue weighted by Crippen LogP contribution is -2.22. The van der Waals surface area contributed by atoms with E-state index in [1.807, 2.05) is 0 Å². The number of hydrogen-bond donors (Lipinski definition) is 1. The van der Waals surface area contributed by atoms with E-state index in [1.54, 1.807) is 0 Å². The summed E-state index contributed by atoms with van der Waals surface area (Å²) in [4.78, 5) is 0. The quantitative estimate of drug-likeness (QED) is 0.842. The molecule has 0 spiro atoms. The molecule has 0 atom stereocenters. The van der Waals surface area contributed by atoms with Gasteiger partial charge in [-0.15, -0.1) is 12.4 Å². The Morgan fingerprint density at radius 3 is 2.00 bits per heavy atom. The predicted octanol–water partition coefficient (Wildman–Crippen LogP) is 3.10. The van der Waals surface area contributed by atoms with Crippen LogP contribution in [-0.4, -0.2) is 0 Å². The molecule has 0 bridgehead atoms. The maximum absolute atomic E-state index is 13.3. The maximum Gasteiger partial charge on any atom is 0.132 e. The van der Waals surface area contributed by atoms with E-state index in [1.165, 1.54) is 12.1 Å². The van der Waals surface area contributed by atoms with Crippen LogP contribution in [0.15, 0.2) is 16.6 Å². The van der Waals surface area contributed by atoms with Gasteiger partial charge < -0.3 is 5.73 Å². The summed E-state index contributed by atoms with van der Waals surface area (Å²) >= 11 is 3.01. The number of benzene rings is 1. The lowest BCUT2D eigenvalue weighted by Gasteiger charge is -2.11. The van der Waals surface area contributed by atoms with E-state index in [0.717, 1.165) is 0 Å². The minimum atomic E-state index is -0.755. The molecule has 0 saturated heterocycles. The molecular weight excluding hydrogens is 275 g/mol. The van der Waals surface area contributed by atoms with Crippen LogP contribution in [0.3, 0.4) is 0 Å². The van der Waals surface area contributed by atoms with Crippen LogP contribution in [0.1, 0.15) is 18.4 Å². The summed E-state index contributed by atoms with van der Waals surface area (Å²) in [5.74, 6) is -1.13. The molecule has 5 heteroatoms. The van der Waals surface area contributed by atoms with Crippen LogP contribution in [0.4, 0.5) is 8.78 Å². The molecule has 0 aromatic heterocycles. The van der Waals surface area contributed by atoms with E-state index in [9.17, 15) is 8.78 Å². The second kappa shape index (κ2) is 3.76. The van der Waals surface area contributed by atoms with Gasteiger partial charge in [-0.3, -0.25) is 0 Å². The molecule has 1 nitrogen and oxygen atoms in total. The summed E-state index contributed by atoms with van der Waals surface area (Å²) in [5.41, 5.74) is 4.99. The molecule has 1 aliphatic rings. The van der Waals surface area contributed by atoms with E-state index in [0.29, 0.717) is 17.3 Å². The van der Waals surface area contributed by atoms with Crippen LogP contribution in [0.2, 0.25) is 0 Å². The molecule has 1 aromatic rings. The van der Waals surface area contributed by atoms with Gasteiger partial charge in [-0.05, 0) is 25.0 Å². The molecule has 14 heavy (non-hydrogen) atoms. The van der Waals surface area contributed by atoms with Crippen LogP contribution in [0.25, 0.3) is 0 Å². The van der Waals surface area contributed by atoms with Crippen molar-refractivity contribution in [2.24, 2.45) is 5.73 Å². The molecule has 1 saturated carbocycles. The molecule has 2 rings (SSSR count). The number of rotatable bonds is 1. The van der Waals surface area contributed by atoms with E-state index >= 15 is 0 Å². The van der Waals surface area contributed by atoms with Gasteiger partial charge in [-0.25, -0.2) is 8.78 Å². The molecule has 1 fully saturated rings. The zero-order valence-corrected chi connectivity index (χ0v) is 9.59. The molecule has 0 amide bonds. The van der Waals surface area contributed by atoms with Gasteiger partial charge in [0.15, 0.2) is 0 Å². The Kier molecular flexibility index (Phi) is 3.19. The minimum absolute atomic E-state index is 0. The molecule has 1 aliphatic carbocycles. The Morgan fingerprint density at radius 2 is 1.64 bits per heavy atom. The average Bonchev–Trinajstić information content (AvgIpc) is 2.65. The van der Waals surface area contributed by atoms with Crippen molar-refractivity contribution in [3.05, 3.63) is 33.8 Å². The summed E-state index contributed by atoms with van der Waals surface area (Å²) in [7, 11) is 0. The first-order valence-corrected chi connectivity index (χ1v) is 4.76. The van der Waals surface area contributed by atoms with Crippen molar-refractivity contribution in [1.29, 1.82) is 0 Å². The molecule has 0 radical (unpaired) electrons. The summed E-state index contributed by atoms with van der Waals surface area (Å²) in [6.45, 7) is 0. The standard InChI is InChI=1S/C9H8BrF2N.ClH/c10-5-3-6(11)8(7(12)4-5)9(13)1-2-9;/h3-4H,1-2,13H2;1H. The van der Waals surface area contributed by atoms with Crippen LogP contribution in [0.5, 0.6) is 0 Å². The largest absolute Gasteiger partial charge is 0.321 e. The molecule has 0 aliphatic heterocycles. The number of nitrogens with two attached hydrogens (primary N) is 1. The third-order valence-corrected chi connectivity index (χ3v) is 2.75. The zero-order valence-electron chi connectivity index (χ0n) is 7.19. The van der Waals surface area contributed by atoms with Gasteiger partial charge in [0.25, 0.3) is 0 Å². The second-order valence-electron chi connectivity index (χ2n) is 3.40. The monoisotopic (exact) mass is 283 g/mol. The van der Waals surface area contributed by atoms with Gasteiger partial charge >= 0.3 is 0 Å². The smallest absolute Gasteiger partial charge is 0.132 e. The van der Waals surface area contributed by atoms with Crippen molar-refractivity contribution in [1.82, 2.24) is 0 Å². The fourth-order valence-corrected chi connectivity index (χ4v) is 1.80. The molecule has 2 N–H and O–H groups in total. The van der Waals surface area contributed by atoms with Gasteiger partial charge in [0.1, 0.15) is 11.6 Å². The summed E-state index contributed by atoms with van der Waals surface area (Å²) < 4.78 is 27.0. The SMILES string of the molecule is Cl.NC1(c2c(F)cc(Br)cc2F)CC1. The Bertz CT molecular complexity index is 343. The molecule has 78 valence electrons. The van der Waals surface area contributed by atoms with E-state index in [-0.39, 0.29) is 18.0 Å². The first-order valence-electron chi connectivity index (χ1n) is 3.97. The first-order chi connectivity index (χ1) is 6.03. The molecule has 1 aromatic carbocycles. The van der Waals surface area contributed by atoms with Crippen molar-refractivity contribution >= 4 is 28.3 Å². The lowest BCUT2D eigenvalue weighted by atomic mass is 10.0. The highest BCUT2D eigenvalue weighted by Crippen LogP contribution is 2.45. The van der Waals surface area contributed by atoms with Gasteiger partial charge in [-0.1, -0.05) is 15.9 Å².